The van der Waals surface area contributed by atoms with E-state index in [1.165, 1.54) is 19.5 Å². The molecule has 1 fully saturated rings. The number of carbonyl (C=O) groups is 3. The number of carbonyl (C=O) groups excluding carboxylic acids is 2. The van der Waals surface area contributed by atoms with E-state index in [2.05, 4.69) is 25.5 Å². The number of thiocarbonyl (C=S) groups is 1. The molecule has 2 aromatic rings. The lowest BCUT2D eigenvalue weighted by atomic mass is 10.0. The van der Waals surface area contributed by atoms with Crippen molar-refractivity contribution in [1.29, 1.82) is 0 Å². The molecule has 2 amide bonds. The van der Waals surface area contributed by atoms with Gasteiger partial charge in [0.2, 0.25) is 0 Å². The smallest absolute Gasteiger partial charge is 0.353 e. The number of fused-ring (bicyclic) bond motifs is 1. The number of anilines is 1. The Morgan fingerprint density at radius 1 is 1.36 bits per heavy atom. The normalized spacial score (nSPS) is 19.4. The quantitative estimate of drug-likeness (QED) is 0.100. The Balaban J connectivity index is 1.61. The third-order valence-electron chi connectivity index (χ3n) is 5.05. The summed E-state index contributed by atoms with van der Waals surface area (Å²) >= 11 is 7.60. The number of nitrogens with zero attached hydrogens (tertiary/aromatic N) is 6. The second-order valence-electron chi connectivity index (χ2n) is 7.20. The summed E-state index contributed by atoms with van der Waals surface area (Å²) in [5.41, 5.74) is 4.17. The predicted molar refractivity (Wildman–Crippen MR) is 130 cm³/mol. The molecule has 36 heavy (non-hydrogen) atoms. The van der Waals surface area contributed by atoms with Crippen molar-refractivity contribution in [2.45, 2.75) is 11.4 Å². The van der Waals surface area contributed by atoms with E-state index < -0.39 is 46.3 Å². The first kappa shape index (κ1) is 25.2. The van der Waals surface area contributed by atoms with Crippen LogP contribution in [0.25, 0.3) is 0 Å². The molecule has 2 aromatic heterocycles. The van der Waals surface area contributed by atoms with E-state index in [1.54, 1.807) is 0 Å². The molecule has 0 bridgehead atoms. The fourth-order valence-electron chi connectivity index (χ4n) is 3.48. The van der Waals surface area contributed by atoms with E-state index in [0.29, 0.717) is 0 Å². The number of nitrogen functional groups attached to an aromatic ring is 1. The minimum absolute atomic E-state index is 0.0274. The van der Waals surface area contributed by atoms with Crippen molar-refractivity contribution in [3.8, 4) is 5.88 Å². The number of nitrogens with one attached hydrogen (secondary N) is 1. The summed E-state index contributed by atoms with van der Waals surface area (Å²) in [6, 6.07) is -1.07. The summed E-state index contributed by atoms with van der Waals surface area (Å²) in [6.07, 6.45) is 0. The third kappa shape index (κ3) is 4.29. The Morgan fingerprint density at radius 2 is 2.08 bits per heavy atom. The lowest BCUT2D eigenvalue weighted by Gasteiger charge is -2.49. The molecule has 0 saturated carbocycles. The van der Waals surface area contributed by atoms with Crippen LogP contribution in [-0.2, 0) is 26.3 Å². The number of hydrogen-bond acceptors (Lipinski definition) is 14. The number of thioether (sulfide) groups is 1. The number of rotatable bonds is 7. The third-order valence-corrected chi connectivity index (χ3v) is 7.43. The van der Waals surface area contributed by atoms with Crippen LogP contribution in [0.2, 0.25) is 0 Å². The van der Waals surface area contributed by atoms with Gasteiger partial charge in [-0.25, -0.2) is 14.5 Å². The summed E-state index contributed by atoms with van der Waals surface area (Å²) in [6.45, 7) is 0. The molecule has 5 N–H and O–H groups in total. The number of oxime groups is 1. The second kappa shape index (κ2) is 9.63. The molecule has 0 spiro atoms. The number of thiazole rings is 1. The van der Waals surface area contributed by atoms with Gasteiger partial charge in [0, 0.05) is 23.8 Å². The van der Waals surface area contributed by atoms with Gasteiger partial charge in [-0.1, -0.05) is 17.4 Å². The number of β-lactam (4-membered cyclic amide) rings is 1. The lowest BCUT2D eigenvalue weighted by Crippen LogP contribution is -2.71. The van der Waals surface area contributed by atoms with Crippen molar-refractivity contribution in [3.63, 3.8) is 0 Å². The van der Waals surface area contributed by atoms with Gasteiger partial charge in [-0.2, -0.15) is 4.98 Å². The molecule has 4 heterocycles. The molecule has 0 radical (unpaired) electrons. The van der Waals surface area contributed by atoms with Gasteiger partial charge in [0.25, 0.3) is 17.7 Å². The summed E-state index contributed by atoms with van der Waals surface area (Å²) < 4.78 is 1.03. The number of aromatic nitrogens is 4. The van der Waals surface area contributed by atoms with Crippen LogP contribution in [0.4, 0.5) is 5.13 Å². The standard InChI is InChI=1S/C18H16N8O7S3/c1-25-11(22-13(28)14(29)23-25)10(34)5-3-35-16-8(15(30)26(16)9(5)17(31)32)21-12(27)7(24-33-2)6-4-36-18(19)20-6/h4,8,16H,3H2,1-2H3,(H2,19,20)(H,21,27)(H,23,29)(H,31,32)/b24-7-/t8?,16-/m0/s1. The Bertz CT molecular complexity index is 1430. The Hall–Kier alpha value is -3.90. The zero-order chi connectivity index (χ0) is 26.3. The van der Waals surface area contributed by atoms with Crippen molar-refractivity contribution < 1.29 is 29.4 Å². The number of hydrogen-bond donors (Lipinski definition) is 4. The molecule has 2 aliphatic rings. The zero-order valence-corrected chi connectivity index (χ0v) is 20.8. The van der Waals surface area contributed by atoms with Gasteiger partial charge in [-0.3, -0.25) is 19.3 Å². The molecule has 4 rings (SSSR count). The van der Waals surface area contributed by atoms with Crippen molar-refractivity contribution in [3.05, 3.63) is 38.5 Å². The van der Waals surface area contributed by atoms with E-state index in [-0.39, 0.29) is 38.6 Å². The topological polar surface area (TPSA) is 215 Å². The molecule has 188 valence electrons. The highest BCUT2D eigenvalue weighted by Gasteiger charge is 2.55. The Kier molecular flexibility index (Phi) is 6.74. The van der Waals surface area contributed by atoms with Crippen LogP contribution >= 0.6 is 35.3 Å². The SMILES string of the molecule is CO/N=C(\C(=O)NC1C(=O)N2C(C(=O)O)=C(C(=S)c3nc(=O)c(O)nn3C)CS[C@@H]12)c1csc(N)n1. The first-order valence-corrected chi connectivity index (χ1v) is 12.1. The molecule has 1 saturated heterocycles. The van der Waals surface area contributed by atoms with Crippen molar-refractivity contribution in [1.82, 2.24) is 30.0 Å². The van der Waals surface area contributed by atoms with Crippen LogP contribution in [0.5, 0.6) is 5.88 Å². The average Bonchev–Trinajstić information content (AvgIpc) is 3.27. The summed E-state index contributed by atoms with van der Waals surface area (Å²) in [5, 5.41) is 30.1. The molecule has 1 unspecified atom stereocenters. The Morgan fingerprint density at radius 3 is 2.69 bits per heavy atom. The minimum Gasteiger partial charge on any atom is -0.488 e. The van der Waals surface area contributed by atoms with Crippen LogP contribution in [0.15, 0.2) is 26.6 Å². The highest BCUT2D eigenvalue weighted by molar-refractivity contribution is 8.00. The van der Waals surface area contributed by atoms with Gasteiger partial charge in [0.15, 0.2) is 16.7 Å². The van der Waals surface area contributed by atoms with Crippen LogP contribution in [0.3, 0.4) is 0 Å². The largest absolute Gasteiger partial charge is 0.488 e. The average molecular weight is 553 g/mol. The first-order valence-electron chi connectivity index (χ1n) is 9.78. The van der Waals surface area contributed by atoms with Gasteiger partial charge in [0.1, 0.15) is 29.9 Å². The molecular formula is C18H16N8O7S3. The summed E-state index contributed by atoms with van der Waals surface area (Å²) in [4.78, 5) is 63.0. The van der Waals surface area contributed by atoms with Crippen LogP contribution in [0, 0.1) is 0 Å². The lowest BCUT2D eigenvalue weighted by molar-refractivity contribution is -0.150. The second-order valence-corrected chi connectivity index (χ2v) is 9.61. The number of aromatic hydroxyl groups is 1. The number of aliphatic carboxylic acids is 1. The van der Waals surface area contributed by atoms with Crippen LogP contribution in [-0.4, -0.2) is 87.5 Å². The van der Waals surface area contributed by atoms with Crippen molar-refractivity contribution in [2.75, 3.05) is 18.6 Å². The minimum atomic E-state index is -1.44. The fourth-order valence-corrected chi connectivity index (χ4v) is 5.82. The summed E-state index contributed by atoms with van der Waals surface area (Å²) in [5.74, 6) is -3.87. The van der Waals surface area contributed by atoms with Gasteiger partial charge in [-0.15, -0.1) is 28.2 Å². The zero-order valence-electron chi connectivity index (χ0n) is 18.4. The van der Waals surface area contributed by atoms with E-state index in [0.717, 1.165) is 32.7 Å². The molecule has 2 atom stereocenters. The fraction of sp³-hybridized carbons (Fsp3) is 0.278. The number of aryl methyl sites for hydroxylation is 1. The van der Waals surface area contributed by atoms with E-state index in [9.17, 15) is 29.4 Å². The molecular weight excluding hydrogens is 536 g/mol. The molecule has 0 aliphatic carbocycles. The molecule has 18 heteroatoms. The van der Waals surface area contributed by atoms with E-state index in [4.69, 9.17) is 22.8 Å². The van der Waals surface area contributed by atoms with Gasteiger partial charge < -0.3 is 26.1 Å². The number of carboxylic acid groups (broad SMARTS) is 1. The summed E-state index contributed by atoms with van der Waals surface area (Å²) in [7, 11) is 2.60. The molecule has 0 aromatic carbocycles. The van der Waals surface area contributed by atoms with Gasteiger partial charge in [-0.05, 0) is 0 Å². The monoisotopic (exact) mass is 552 g/mol. The van der Waals surface area contributed by atoms with Crippen molar-refractivity contribution in [2.24, 2.45) is 12.2 Å². The first-order chi connectivity index (χ1) is 17.0. The van der Waals surface area contributed by atoms with Gasteiger partial charge >= 0.3 is 11.5 Å². The van der Waals surface area contributed by atoms with Gasteiger partial charge in [0.05, 0.1) is 4.86 Å². The van der Waals surface area contributed by atoms with E-state index in [1.807, 2.05) is 0 Å². The molecule has 15 nitrogen and oxygen atoms in total. The van der Waals surface area contributed by atoms with Crippen LogP contribution < -0.4 is 16.6 Å². The number of nitrogens with two attached hydrogens (primary N) is 1. The highest BCUT2D eigenvalue weighted by Crippen LogP contribution is 2.41. The predicted octanol–water partition coefficient (Wildman–Crippen LogP) is -1.57. The maximum Gasteiger partial charge on any atom is 0.353 e. The maximum absolute atomic E-state index is 13.0. The molecule has 2 aliphatic heterocycles. The van der Waals surface area contributed by atoms with Crippen LogP contribution in [0.1, 0.15) is 11.5 Å². The number of amides is 2. The Labute approximate surface area is 214 Å². The number of carboxylic acids is 1. The van der Waals surface area contributed by atoms with Crippen molar-refractivity contribution >= 4 is 68.8 Å². The highest BCUT2D eigenvalue weighted by atomic mass is 32.2. The van der Waals surface area contributed by atoms with E-state index >= 15 is 0 Å². The maximum atomic E-state index is 13.0.